The van der Waals surface area contributed by atoms with Crippen molar-refractivity contribution in [2.24, 2.45) is 0 Å². The van der Waals surface area contributed by atoms with Crippen LogP contribution in [-0.2, 0) is 0 Å². The normalized spacial score (nSPS) is 15.8. The van der Waals surface area contributed by atoms with Crippen LogP contribution in [0.3, 0.4) is 0 Å². The summed E-state index contributed by atoms with van der Waals surface area (Å²) in [6.07, 6.45) is 0.774. The second-order valence-electron chi connectivity index (χ2n) is 6.11. The Morgan fingerprint density at radius 3 is 2.48 bits per heavy atom. The molecule has 0 aromatic heterocycles. The van der Waals surface area contributed by atoms with E-state index in [9.17, 15) is 4.79 Å². The zero-order valence-electron chi connectivity index (χ0n) is 13.8. The number of para-hydroxylation sites is 1. The molecule has 0 aliphatic carbocycles. The Kier molecular flexibility index (Phi) is 4.21. The van der Waals surface area contributed by atoms with Gasteiger partial charge in [0.15, 0.2) is 0 Å². The third-order valence-electron chi connectivity index (χ3n) is 4.52. The van der Waals surface area contributed by atoms with Crippen LogP contribution in [0, 0.1) is 0 Å². The van der Waals surface area contributed by atoms with Crippen LogP contribution in [0.15, 0.2) is 78.9 Å². The van der Waals surface area contributed by atoms with E-state index in [2.05, 4.69) is 5.32 Å². The van der Waals surface area contributed by atoms with Crippen molar-refractivity contribution < 1.29 is 9.53 Å². The second kappa shape index (κ2) is 6.81. The van der Waals surface area contributed by atoms with Gasteiger partial charge in [-0.2, -0.15) is 0 Å². The summed E-state index contributed by atoms with van der Waals surface area (Å²) in [5.41, 5.74) is 3.72. The van der Waals surface area contributed by atoms with Gasteiger partial charge in [-0.25, -0.2) is 0 Å². The summed E-state index contributed by atoms with van der Waals surface area (Å²) >= 11 is 0. The monoisotopic (exact) mass is 329 g/mol. The molecule has 0 spiro atoms. The largest absolute Gasteiger partial charge is 0.493 e. The van der Waals surface area contributed by atoms with Crippen molar-refractivity contribution in [3.63, 3.8) is 0 Å². The number of amides is 1. The molecule has 0 unspecified atom stereocenters. The highest BCUT2D eigenvalue weighted by Gasteiger charge is 2.24. The van der Waals surface area contributed by atoms with Gasteiger partial charge in [-0.1, -0.05) is 66.7 Å². The van der Waals surface area contributed by atoms with Crippen molar-refractivity contribution in [1.82, 2.24) is 5.32 Å². The number of rotatable bonds is 3. The molecule has 0 bridgehead atoms. The van der Waals surface area contributed by atoms with Crippen LogP contribution < -0.4 is 10.1 Å². The summed E-state index contributed by atoms with van der Waals surface area (Å²) in [5.74, 6) is 0.802. The van der Waals surface area contributed by atoms with Crippen LogP contribution >= 0.6 is 0 Å². The first-order valence-corrected chi connectivity index (χ1v) is 8.50. The van der Waals surface area contributed by atoms with Gasteiger partial charge < -0.3 is 10.1 Å². The fourth-order valence-corrected chi connectivity index (χ4v) is 3.28. The lowest BCUT2D eigenvalue weighted by Gasteiger charge is -2.27. The van der Waals surface area contributed by atoms with E-state index < -0.39 is 0 Å². The molecule has 3 aromatic carbocycles. The number of benzene rings is 3. The van der Waals surface area contributed by atoms with Gasteiger partial charge in [-0.15, -0.1) is 0 Å². The fourth-order valence-electron chi connectivity index (χ4n) is 3.28. The topological polar surface area (TPSA) is 38.3 Å². The van der Waals surface area contributed by atoms with E-state index in [0.29, 0.717) is 12.2 Å². The average molecular weight is 329 g/mol. The van der Waals surface area contributed by atoms with Crippen LogP contribution in [0.5, 0.6) is 5.75 Å². The standard InChI is InChI=1S/C22H19NO2/c24-22(23-20-14-15-25-21-13-7-6-12-19(20)21)18-11-5-4-10-17(18)16-8-2-1-3-9-16/h1-13,20H,14-15H2,(H,23,24)/t20-/m1/s1. The second-order valence-corrected chi connectivity index (χ2v) is 6.11. The summed E-state index contributed by atoms with van der Waals surface area (Å²) in [5, 5.41) is 3.18. The van der Waals surface area contributed by atoms with Crippen molar-refractivity contribution in [3.8, 4) is 16.9 Å². The molecular weight excluding hydrogens is 310 g/mol. The lowest BCUT2D eigenvalue weighted by molar-refractivity contribution is 0.0925. The first-order chi connectivity index (χ1) is 12.3. The Labute approximate surface area is 147 Å². The molecule has 1 heterocycles. The molecule has 0 fully saturated rings. The maximum atomic E-state index is 13.0. The number of carbonyl (C=O) groups excluding carboxylic acids is 1. The van der Waals surface area contributed by atoms with Crippen molar-refractivity contribution >= 4 is 5.91 Å². The van der Waals surface area contributed by atoms with Gasteiger partial charge in [-0.05, 0) is 23.3 Å². The highest BCUT2D eigenvalue weighted by Crippen LogP contribution is 2.32. The molecule has 0 saturated carbocycles. The fraction of sp³-hybridized carbons (Fsp3) is 0.136. The molecule has 3 aromatic rings. The molecule has 1 aliphatic heterocycles. The zero-order chi connectivity index (χ0) is 17.1. The van der Waals surface area contributed by atoms with E-state index in [1.807, 2.05) is 78.9 Å². The summed E-state index contributed by atoms with van der Waals surface area (Å²) in [6.45, 7) is 0.613. The number of hydrogen-bond acceptors (Lipinski definition) is 2. The van der Waals surface area contributed by atoms with Crippen LogP contribution in [0.2, 0.25) is 0 Å². The molecule has 0 radical (unpaired) electrons. The van der Waals surface area contributed by atoms with Crippen molar-refractivity contribution in [3.05, 3.63) is 90.0 Å². The highest BCUT2D eigenvalue weighted by atomic mass is 16.5. The molecular formula is C22H19NO2. The van der Waals surface area contributed by atoms with Gasteiger partial charge in [0.05, 0.1) is 12.6 Å². The third kappa shape index (κ3) is 3.13. The van der Waals surface area contributed by atoms with E-state index in [1.165, 1.54) is 0 Å². The van der Waals surface area contributed by atoms with Gasteiger partial charge in [0, 0.05) is 17.5 Å². The maximum absolute atomic E-state index is 13.0. The molecule has 25 heavy (non-hydrogen) atoms. The predicted octanol–water partition coefficient (Wildman–Crippen LogP) is 4.61. The zero-order valence-corrected chi connectivity index (χ0v) is 13.8. The summed E-state index contributed by atoms with van der Waals surface area (Å²) in [6, 6.07) is 25.6. The van der Waals surface area contributed by atoms with E-state index >= 15 is 0 Å². The van der Waals surface area contributed by atoms with Crippen LogP contribution in [-0.4, -0.2) is 12.5 Å². The SMILES string of the molecule is O=C(N[C@@H]1CCOc2ccccc21)c1ccccc1-c1ccccc1. The van der Waals surface area contributed by atoms with E-state index in [4.69, 9.17) is 4.74 Å². The van der Waals surface area contributed by atoms with Crippen molar-refractivity contribution in [2.45, 2.75) is 12.5 Å². The average Bonchev–Trinajstić information content (AvgIpc) is 2.69. The minimum atomic E-state index is -0.0545. The van der Waals surface area contributed by atoms with Crippen molar-refractivity contribution in [2.75, 3.05) is 6.61 Å². The lowest BCUT2D eigenvalue weighted by atomic mass is 9.97. The van der Waals surface area contributed by atoms with Gasteiger partial charge in [0.2, 0.25) is 0 Å². The number of ether oxygens (including phenoxy) is 1. The summed E-state index contributed by atoms with van der Waals surface area (Å²) < 4.78 is 5.68. The molecule has 1 aliphatic rings. The Hall–Kier alpha value is -3.07. The van der Waals surface area contributed by atoms with Crippen LogP contribution in [0.25, 0.3) is 11.1 Å². The Morgan fingerprint density at radius 1 is 0.880 bits per heavy atom. The quantitative estimate of drug-likeness (QED) is 0.762. The number of fused-ring (bicyclic) bond motifs is 1. The Balaban J connectivity index is 1.63. The van der Waals surface area contributed by atoms with E-state index in [1.54, 1.807) is 0 Å². The lowest BCUT2D eigenvalue weighted by Crippen LogP contribution is -2.32. The molecule has 124 valence electrons. The summed E-state index contributed by atoms with van der Waals surface area (Å²) in [4.78, 5) is 13.0. The first kappa shape index (κ1) is 15.5. The molecule has 0 saturated heterocycles. The minimum absolute atomic E-state index is 0.0266. The van der Waals surface area contributed by atoms with E-state index in [0.717, 1.165) is 28.9 Å². The molecule has 3 heteroatoms. The molecule has 1 atom stereocenters. The molecule has 3 nitrogen and oxygen atoms in total. The van der Waals surface area contributed by atoms with Crippen LogP contribution in [0.4, 0.5) is 0 Å². The molecule has 1 amide bonds. The smallest absolute Gasteiger partial charge is 0.252 e. The highest BCUT2D eigenvalue weighted by molar-refractivity contribution is 6.01. The van der Waals surface area contributed by atoms with Gasteiger partial charge in [-0.3, -0.25) is 4.79 Å². The van der Waals surface area contributed by atoms with Crippen molar-refractivity contribution in [1.29, 1.82) is 0 Å². The number of hydrogen-bond donors (Lipinski definition) is 1. The van der Waals surface area contributed by atoms with Gasteiger partial charge >= 0.3 is 0 Å². The summed E-state index contributed by atoms with van der Waals surface area (Å²) in [7, 11) is 0. The third-order valence-corrected chi connectivity index (χ3v) is 4.52. The first-order valence-electron chi connectivity index (χ1n) is 8.50. The Morgan fingerprint density at radius 2 is 1.60 bits per heavy atom. The number of nitrogens with one attached hydrogen (secondary N) is 1. The molecule has 4 rings (SSSR count). The Bertz CT molecular complexity index is 889. The van der Waals surface area contributed by atoms with E-state index in [-0.39, 0.29) is 11.9 Å². The molecule has 1 N–H and O–H groups in total. The van der Waals surface area contributed by atoms with Gasteiger partial charge in [0.1, 0.15) is 5.75 Å². The number of carbonyl (C=O) groups is 1. The maximum Gasteiger partial charge on any atom is 0.252 e. The minimum Gasteiger partial charge on any atom is -0.493 e. The van der Waals surface area contributed by atoms with Gasteiger partial charge in [0.25, 0.3) is 5.91 Å². The predicted molar refractivity (Wildman–Crippen MR) is 98.6 cm³/mol. The van der Waals surface area contributed by atoms with Crippen LogP contribution in [0.1, 0.15) is 28.4 Å².